The molecule has 1 heteroatoms. The lowest BCUT2D eigenvalue weighted by atomic mass is 9.85. The van der Waals surface area contributed by atoms with Crippen molar-refractivity contribution in [1.82, 2.24) is 0 Å². The number of hydrogen-bond donors (Lipinski definition) is 0. The van der Waals surface area contributed by atoms with Crippen LogP contribution in [0.2, 0.25) is 0 Å². The first-order valence-corrected chi connectivity index (χ1v) is 20.3. The third-order valence-corrected chi connectivity index (χ3v) is 12.3. The Bertz CT molecular complexity index is 3530. The highest BCUT2D eigenvalue weighted by molar-refractivity contribution is 6.21. The molecular formula is C58H36O. The second-order valence-corrected chi connectivity index (χ2v) is 15.5. The van der Waals surface area contributed by atoms with Gasteiger partial charge < -0.3 is 4.42 Å². The van der Waals surface area contributed by atoms with Crippen LogP contribution >= 0.6 is 0 Å². The Kier molecular flexibility index (Phi) is 7.61. The Labute approximate surface area is 342 Å². The highest BCUT2D eigenvalue weighted by Gasteiger charge is 2.18. The Balaban J connectivity index is 0.959. The van der Waals surface area contributed by atoms with Crippen molar-refractivity contribution in [3.8, 4) is 55.6 Å². The molecule has 0 spiro atoms. The van der Waals surface area contributed by atoms with Crippen LogP contribution in [0, 0.1) is 0 Å². The van der Waals surface area contributed by atoms with Gasteiger partial charge in [0.05, 0.1) is 0 Å². The fraction of sp³-hybridized carbons (Fsp3) is 0. The molecule has 0 saturated heterocycles. The normalized spacial score (nSPS) is 11.7. The van der Waals surface area contributed by atoms with E-state index in [9.17, 15) is 0 Å². The molecule has 59 heavy (non-hydrogen) atoms. The van der Waals surface area contributed by atoms with Crippen LogP contribution in [0.4, 0.5) is 0 Å². The summed E-state index contributed by atoms with van der Waals surface area (Å²) in [4.78, 5) is 0. The van der Waals surface area contributed by atoms with Crippen LogP contribution in [-0.2, 0) is 0 Å². The zero-order valence-electron chi connectivity index (χ0n) is 32.2. The summed E-state index contributed by atoms with van der Waals surface area (Å²) in [5.41, 5.74) is 14.0. The van der Waals surface area contributed by atoms with E-state index in [1.807, 2.05) is 12.1 Å². The highest BCUT2D eigenvalue weighted by Crippen LogP contribution is 2.45. The minimum atomic E-state index is 0.911. The van der Waals surface area contributed by atoms with Crippen molar-refractivity contribution in [1.29, 1.82) is 0 Å². The molecular weight excluding hydrogens is 713 g/mol. The molecule has 0 saturated carbocycles. The van der Waals surface area contributed by atoms with Crippen molar-refractivity contribution in [2.75, 3.05) is 0 Å². The van der Waals surface area contributed by atoms with E-state index in [2.05, 4.69) is 206 Å². The predicted octanol–water partition coefficient (Wildman–Crippen LogP) is 16.5. The average Bonchev–Trinajstić information content (AvgIpc) is 3.69. The van der Waals surface area contributed by atoms with Crippen molar-refractivity contribution in [3.63, 3.8) is 0 Å². The number of fused-ring (bicyclic) bond motifs is 8. The maximum Gasteiger partial charge on any atom is 0.135 e. The predicted molar refractivity (Wildman–Crippen MR) is 251 cm³/mol. The van der Waals surface area contributed by atoms with Crippen molar-refractivity contribution >= 4 is 65.0 Å². The zero-order valence-corrected chi connectivity index (χ0v) is 32.2. The molecule has 0 aliphatic rings. The quantitative estimate of drug-likeness (QED) is 0.126. The molecule has 0 radical (unpaired) electrons. The molecule has 274 valence electrons. The van der Waals surface area contributed by atoms with Gasteiger partial charge in [-0.3, -0.25) is 0 Å². The summed E-state index contributed by atoms with van der Waals surface area (Å²) in [6.45, 7) is 0. The Morgan fingerprint density at radius 2 is 0.627 bits per heavy atom. The molecule has 1 heterocycles. The van der Waals surface area contributed by atoms with E-state index in [0.717, 1.165) is 21.9 Å². The van der Waals surface area contributed by atoms with Crippen LogP contribution in [0.25, 0.3) is 121 Å². The Morgan fingerprint density at radius 3 is 1.24 bits per heavy atom. The van der Waals surface area contributed by atoms with Gasteiger partial charge in [0.25, 0.3) is 0 Å². The second-order valence-electron chi connectivity index (χ2n) is 15.5. The first kappa shape index (κ1) is 33.4. The lowest BCUT2D eigenvalue weighted by molar-refractivity contribution is 0.669. The second kappa shape index (κ2) is 13.4. The molecule has 0 bridgehead atoms. The van der Waals surface area contributed by atoms with Gasteiger partial charge in [-0.2, -0.15) is 0 Å². The lowest BCUT2D eigenvalue weighted by Crippen LogP contribution is -1.91. The Morgan fingerprint density at radius 1 is 0.220 bits per heavy atom. The van der Waals surface area contributed by atoms with Crippen LogP contribution in [-0.4, -0.2) is 0 Å². The van der Waals surface area contributed by atoms with Gasteiger partial charge in [-0.1, -0.05) is 194 Å². The smallest absolute Gasteiger partial charge is 0.135 e. The topological polar surface area (TPSA) is 13.1 Å². The van der Waals surface area contributed by atoms with Gasteiger partial charge in [-0.25, -0.2) is 0 Å². The molecule has 0 amide bonds. The van der Waals surface area contributed by atoms with Crippen molar-refractivity contribution in [2.45, 2.75) is 0 Å². The van der Waals surface area contributed by atoms with E-state index >= 15 is 0 Å². The monoisotopic (exact) mass is 748 g/mol. The van der Waals surface area contributed by atoms with E-state index < -0.39 is 0 Å². The van der Waals surface area contributed by atoms with E-state index in [0.29, 0.717) is 0 Å². The minimum absolute atomic E-state index is 0.911. The molecule has 1 aromatic heterocycles. The summed E-state index contributed by atoms with van der Waals surface area (Å²) < 4.78 is 6.15. The molecule has 12 rings (SSSR count). The molecule has 0 aliphatic carbocycles. The highest BCUT2D eigenvalue weighted by atomic mass is 16.3. The maximum absolute atomic E-state index is 6.15. The average molecular weight is 749 g/mol. The summed E-state index contributed by atoms with van der Waals surface area (Å²) in [6, 6.07) is 79.6. The molecule has 0 atom stereocenters. The molecule has 0 fully saturated rings. The zero-order chi connectivity index (χ0) is 38.9. The van der Waals surface area contributed by atoms with E-state index in [1.54, 1.807) is 0 Å². The third kappa shape index (κ3) is 5.40. The minimum Gasteiger partial charge on any atom is -0.456 e. The van der Waals surface area contributed by atoms with Crippen LogP contribution in [0.5, 0.6) is 0 Å². The molecule has 1 nitrogen and oxygen atoms in total. The molecule has 0 unspecified atom stereocenters. The van der Waals surface area contributed by atoms with E-state index in [-0.39, 0.29) is 0 Å². The van der Waals surface area contributed by atoms with Gasteiger partial charge in [0.2, 0.25) is 0 Å². The number of hydrogen-bond acceptors (Lipinski definition) is 1. The van der Waals surface area contributed by atoms with Crippen LogP contribution in [0.3, 0.4) is 0 Å². The fourth-order valence-electron chi connectivity index (χ4n) is 9.56. The van der Waals surface area contributed by atoms with Crippen molar-refractivity contribution in [3.05, 3.63) is 218 Å². The SMILES string of the molecule is c1ccc(-c2ccc3oc4ccccc4c3c2)c(-c2ccc(-c3c4ccccc4c(-c4ccc(-c5cc6ccccc6c6ccccc56)cc4)c4ccccc34)cc2)c1. The van der Waals surface area contributed by atoms with Gasteiger partial charge in [0.1, 0.15) is 11.2 Å². The van der Waals surface area contributed by atoms with Crippen LogP contribution in [0.15, 0.2) is 223 Å². The van der Waals surface area contributed by atoms with Crippen molar-refractivity contribution in [2.24, 2.45) is 0 Å². The molecule has 11 aromatic carbocycles. The largest absolute Gasteiger partial charge is 0.456 e. The Hall–Kier alpha value is -7.74. The maximum atomic E-state index is 6.15. The van der Waals surface area contributed by atoms with Gasteiger partial charge in [0.15, 0.2) is 0 Å². The summed E-state index contributed by atoms with van der Waals surface area (Å²) in [5, 5.41) is 12.4. The fourth-order valence-corrected chi connectivity index (χ4v) is 9.56. The van der Waals surface area contributed by atoms with Gasteiger partial charge in [0, 0.05) is 10.8 Å². The van der Waals surface area contributed by atoms with Gasteiger partial charge >= 0.3 is 0 Å². The number of furan rings is 1. The number of para-hydroxylation sites is 1. The molecule has 0 aliphatic heterocycles. The molecule has 0 N–H and O–H groups in total. The van der Waals surface area contributed by atoms with Crippen molar-refractivity contribution < 1.29 is 4.42 Å². The molecule has 12 aromatic rings. The van der Waals surface area contributed by atoms with Crippen LogP contribution in [0.1, 0.15) is 0 Å². The van der Waals surface area contributed by atoms with Gasteiger partial charge in [-0.05, 0) is 123 Å². The van der Waals surface area contributed by atoms with E-state index in [4.69, 9.17) is 4.42 Å². The summed E-state index contributed by atoms with van der Waals surface area (Å²) in [7, 11) is 0. The standard InChI is InChI=1S/C58H36O/c1-2-16-45-41(13-1)35-53(47-18-6-5-17-46(45)47)38-27-31-40(32-28-38)58-51-22-9-7-20-49(51)57(50-21-8-10-23-52(50)58)39-29-25-37(26-30-39)43-14-3-4-15-44(43)42-33-34-56-54(36-42)48-19-11-12-24-55(48)59-56/h1-36H. The van der Waals surface area contributed by atoms with Crippen LogP contribution < -0.4 is 0 Å². The first-order valence-electron chi connectivity index (χ1n) is 20.3. The van der Waals surface area contributed by atoms with E-state index in [1.165, 1.54) is 98.7 Å². The first-order chi connectivity index (χ1) is 29.3. The van der Waals surface area contributed by atoms with Gasteiger partial charge in [-0.15, -0.1) is 0 Å². The number of rotatable bonds is 5. The summed E-state index contributed by atoms with van der Waals surface area (Å²) >= 11 is 0. The number of benzene rings is 11. The summed E-state index contributed by atoms with van der Waals surface area (Å²) in [6.07, 6.45) is 0. The third-order valence-electron chi connectivity index (χ3n) is 12.3. The lowest BCUT2D eigenvalue weighted by Gasteiger charge is -2.18. The summed E-state index contributed by atoms with van der Waals surface area (Å²) in [5.74, 6) is 0.